The number of carbonyl (C=O) groups is 3. The van der Waals surface area contributed by atoms with Crippen LogP contribution in [-0.2, 0) is 28.6 Å². The molecule has 0 rings (SSSR count). The van der Waals surface area contributed by atoms with Gasteiger partial charge in [0.25, 0.3) is 0 Å². The lowest BCUT2D eigenvalue weighted by molar-refractivity contribution is -0.166. The number of ether oxygens (including phenoxy) is 3. The molecule has 0 fully saturated rings. The predicted molar refractivity (Wildman–Crippen MR) is 210 cm³/mol. The van der Waals surface area contributed by atoms with Gasteiger partial charge in [0.2, 0.25) is 0 Å². The van der Waals surface area contributed by atoms with Crippen LogP contribution in [0.5, 0.6) is 0 Å². The summed E-state index contributed by atoms with van der Waals surface area (Å²) in [6, 6.07) is 0. The highest BCUT2D eigenvalue weighted by atomic mass is 16.6. The Kier molecular flexibility index (Phi) is 35.3. The monoisotopic (exact) mass is 693 g/mol. The summed E-state index contributed by atoms with van der Waals surface area (Å²) >= 11 is 0. The molecular weight excluding hydrogens is 624 g/mol. The Morgan fingerprint density at radius 3 is 1.30 bits per heavy atom. The number of allylic oxidation sites excluding steroid dienone is 14. The van der Waals surface area contributed by atoms with E-state index in [0.29, 0.717) is 6.42 Å². The molecule has 0 aliphatic heterocycles. The van der Waals surface area contributed by atoms with E-state index < -0.39 is 18.0 Å². The van der Waals surface area contributed by atoms with Crippen molar-refractivity contribution in [3.05, 3.63) is 97.2 Å². The normalized spacial score (nSPS) is 13.1. The molecule has 0 heterocycles. The van der Waals surface area contributed by atoms with Crippen LogP contribution in [-0.4, -0.2) is 37.2 Å². The van der Waals surface area contributed by atoms with Gasteiger partial charge in [0.05, 0.1) is 12.8 Å². The maximum absolute atomic E-state index is 12.5. The lowest BCUT2D eigenvalue weighted by atomic mass is 10.1. The molecule has 1 unspecified atom stereocenters. The second kappa shape index (κ2) is 38.1. The van der Waals surface area contributed by atoms with Crippen molar-refractivity contribution in [2.75, 3.05) is 13.2 Å². The zero-order chi connectivity index (χ0) is 36.6. The van der Waals surface area contributed by atoms with Gasteiger partial charge in [-0.05, 0) is 70.6 Å². The van der Waals surface area contributed by atoms with Crippen molar-refractivity contribution in [2.24, 2.45) is 0 Å². The molecule has 0 amide bonds. The number of hydrogen-bond donors (Lipinski definition) is 0. The van der Waals surface area contributed by atoms with Crippen LogP contribution in [0.4, 0.5) is 0 Å². The van der Waals surface area contributed by atoms with E-state index in [1.807, 2.05) is 18.2 Å². The van der Waals surface area contributed by atoms with Gasteiger partial charge >= 0.3 is 17.9 Å². The Balaban J connectivity index is 4.54. The number of esters is 3. The van der Waals surface area contributed by atoms with Gasteiger partial charge in [-0.15, -0.1) is 0 Å². The molecule has 0 aromatic heterocycles. The molecular formula is C44H68O6. The number of hydrogen-bond acceptors (Lipinski definition) is 6. The summed E-state index contributed by atoms with van der Waals surface area (Å²) in [4.78, 5) is 37.3. The average Bonchev–Trinajstić information content (AvgIpc) is 3.11. The molecule has 6 heteroatoms. The van der Waals surface area contributed by atoms with Crippen molar-refractivity contribution in [3.8, 4) is 0 Å². The van der Waals surface area contributed by atoms with E-state index in [9.17, 15) is 14.4 Å². The molecule has 0 spiro atoms. The van der Waals surface area contributed by atoms with E-state index >= 15 is 0 Å². The van der Waals surface area contributed by atoms with Crippen LogP contribution in [0.3, 0.4) is 0 Å². The minimum absolute atomic E-state index is 0.0831. The molecule has 6 nitrogen and oxygen atoms in total. The number of carbonyl (C=O) groups excluding carboxylic acids is 3. The third-order valence-corrected chi connectivity index (χ3v) is 7.38. The SMILES string of the molecule is CC/C=C\C/C=C\C/C=C\CC(=O)OCC(COC(=O)CCCCCCCCC/C=C\C/C=C\CC)OC(=O)C/C=C\C/C=C\C/C=C\CC. The van der Waals surface area contributed by atoms with Crippen LogP contribution < -0.4 is 0 Å². The first-order valence-corrected chi connectivity index (χ1v) is 19.2. The maximum Gasteiger partial charge on any atom is 0.310 e. The quantitative estimate of drug-likeness (QED) is 0.0302. The molecule has 0 radical (unpaired) electrons. The molecule has 0 aliphatic carbocycles. The predicted octanol–water partition coefficient (Wildman–Crippen LogP) is 11.9. The number of rotatable bonds is 32. The van der Waals surface area contributed by atoms with E-state index in [-0.39, 0.29) is 32.0 Å². The van der Waals surface area contributed by atoms with Crippen LogP contribution >= 0.6 is 0 Å². The van der Waals surface area contributed by atoms with Crippen molar-refractivity contribution in [1.29, 1.82) is 0 Å². The summed E-state index contributed by atoms with van der Waals surface area (Å²) in [5.41, 5.74) is 0. The van der Waals surface area contributed by atoms with Gasteiger partial charge in [-0.25, -0.2) is 0 Å². The molecule has 0 bridgehead atoms. The first kappa shape index (κ1) is 46.3. The Hall–Kier alpha value is -3.67. The summed E-state index contributed by atoms with van der Waals surface area (Å²) in [6.45, 7) is 6.04. The maximum atomic E-state index is 12.5. The van der Waals surface area contributed by atoms with E-state index in [1.165, 1.54) is 25.7 Å². The van der Waals surface area contributed by atoms with Crippen molar-refractivity contribution in [2.45, 2.75) is 149 Å². The molecule has 50 heavy (non-hydrogen) atoms. The lowest BCUT2D eigenvalue weighted by Gasteiger charge is -2.17. The first-order valence-electron chi connectivity index (χ1n) is 19.2. The van der Waals surface area contributed by atoms with Crippen molar-refractivity contribution < 1.29 is 28.6 Å². The van der Waals surface area contributed by atoms with Crippen molar-refractivity contribution in [3.63, 3.8) is 0 Å². The zero-order valence-electron chi connectivity index (χ0n) is 31.6. The number of unbranched alkanes of at least 4 members (excludes halogenated alkanes) is 7. The van der Waals surface area contributed by atoms with Gasteiger partial charge in [-0.1, -0.05) is 150 Å². The Labute approximate surface area is 305 Å². The van der Waals surface area contributed by atoms with Gasteiger partial charge in [-0.3, -0.25) is 14.4 Å². The first-order chi connectivity index (χ1) is 24.5. The largest absolute Gasteiger partial charge is 0.462 e. The minimum Gasteiger partial charge on any atom is -0.462 e. The Morgan fingerprint density at radius 2 is 0.800 bits per heavy atom. The topological polar surface area (TPSA) is 78.9 Å². The van der Waals surface area contributed by atoms with Crippen LogP contribution in [0.25, 0.3) is 0 Å². The summed E-state index contributed by atoms with van der Waals surface area (Å²) in [5, 5.41) is 0. The second-order valence-electron chi connectivity index (χ2n) is 12.1. The van der Waals surface area contributed by atoms with Crippen molar-refractivity contribution >= 4 is 17.9 Å². The summed E-state index contributed by atoms with van der Waals surface area (Å²) in [6.07, 6.45) is 48.9. The van der Waals surface area contributed by atoms with Gasteiger partial charge in [0.1, 0.15) is 13.2 Å². The summed E-state index contributed by atoms with van der Waals surface area (Å²) in [5.74, 6) is -1.23. The molecule has 280 valence electrons. The highest BCUT2D eigenvalue weighted by Crippen LogP contribution is 2.11. The fourth-order valence-corrected chi connectivity index (χ4v) is 4.60. The fourth-order valence-electron chi connectivity index (χ4n) is 4.60. The van der Waals surface area contributed by atoms with Gasteiger partial charge < -0.3 is 14.2 Å². The second-order valence-corrected chi connectivity index (χ2v) is 12.1. The third-order valence-electron chi connectivity index (χ3n) is 7.38. The van der Waals surface area contributed by atoms with Gasteiger partial charge in [0, 0.05) is 6.42 Å². The molecule has 1 atom stereocenters. The van der Waals surface area contributed by atoms with E-state index in [2.05, 4.69) is 87.6 Å². The Bertz CT molecular complexity index is 1070. The molecule has 0 aromatic rings. The van der Waals surface area contributed by atoms with Gasteiger partial charge in [-0.2, -0.15) is 0 Å². The molecule has 0 aromatic carbocycles. The average molecular weight is 693 g/mol. The third kappa shape index (κ3) is 35.6. The smallest absolute Gasteiger partial charge is 0.310 e. The Morgan fingerprint density at radius 1 is 0.420 bits per heavy atom. The molecule has 0 aliphatic rings. The van der Waals surface area contributed by atoms with Crippen LogP contribution in [0.15, 0.2) is 97.2 Å². The molecule has 0 saturated heterocycles. The zero-order valence-corrected chi connectivity index (χ0v) is 31.6. The molecule has 0 saturated carbocycles. The van der Waals surface area contributed by atoms with E-state index in [0.717, 1.165) is 77.0 Å². The highest BCUT2D eigenvalue weighted by Gasteiger charge is 2.19. The molecule has 0 N–H and O–H groups in total. The standard InChI is InChI=1S/C44H68O6/c1-4-7-10-13-16-19-20-21-22-23-26-28-31-34-37-43(46)49-40-41(50-44(47)38-35-32-29-25-18-15-12-9-6-3)39-48-42(45)36-33-30-27-24-17-14-11-8-5-2/h7-12,16-19,24-25,30,32-33,35,41H,4-6,13-15,20-23,26-29,31,34,36-40H2,1-3H3/b10-7-,11-8-,12-9-,19-16-,24-17-,25-18-,33-30-,35-32-. The lowest BCUT2D eigenvalue weighted by Crippen LogP contribution is -2.30. The highest BCUT2D eigenvalue weighted by molar-refractivity contribution is 5.72. The summed E-state index contributed by atoms with van der Waals surface area (Å²) < 4.78 is 16.3. The van der Waals surface area contributed by atoms with Crippen molar-refractivity contribution in [1.82, 2.24) is 0 Å². The van der Waals surface area contributed by atoms with Crippen LogP contribution in [0.1, 0.15) is 143 Å². The fraction of sp³-hybridized carbons (Fsp3) is 0.568. The van der Waals surface area contributed by atoms with Crippen LogP contribution in [0.2, 0.25) is 0 Å². The van der Waals surface area contributed by atoms with Crippen LogP contribution in [0, 0.1) is 0 Å². The van der Waals surface area contributed by atoms with E-state index in [1.54, 1.807) is 12.2 Å². The summed E-state index contributed by atoms with van der Waals surface area (Å²) in [7, 11) is 0. The van der Waals surface area contributed by atoms with Gasteiger partial charge in [0.15, 0.2) is 6.10 Å². The minimum atomic E-state index is -0.861. The van der Waals surface area contributed by atoms with E-state index in [4.69, 9.17) is 14.2 Å².